The van der Waals surface area contributed by atoms with Crippen LogP contribution in [-0.2, 0) is 19.2 Å². The number of alkyl halides is 4. The van der Waals surface area contributed by atoms with Crippen molar-refractivity contribution in [3.63, 3.8) is 0 Å². The molecule has 1 aromatic rings. The Morgan fingerprint density at radius 1 is 1.21 bits per heavy atom. The van der Waals surface area contributed by atoms with Crippen molar-refractivity contribution in [1.29, 1.82) is 0 Å². The third kappa shape index (κ3) is 5.85. The Bertz CT molecular complexity index is 1010. The van der Waals surface area contributed by atoms with Crippen LogP contribution in [0.25, 0.3) is 0 Å². The maximum absolute atomic E-state index is 13.4. The zero-order valence-corrected chi connectivity index (χ0v) is 18.5. The first-order valence-electron chi connectivity index (χ1n) is 10.5. The molecule has 1 saturated carbocycles. The molecule has 1 heterocycles. The van der Waals surface area contributed by atoms with Crippen LogP contribution in [0.5, 0.6) is 0 Å². The number of amides is 4. The van der Waals surface area contributed by atoms with Gasteiger partial charge in [0.15, 0.2) is 0 Å². The molecule has 1 aromatic carbocycles. The van der Waals surface area contributed by atoms with Crippen LogP contribution in [0, 0.1) is 5.92 Å². The van der Waals surface area contributed by atoms with E-state index in [1.54, 1.807) is 0 Å². The van der Waals surface area contributed by atoms with Crippen molar-refractivity contribution in [2.24, 2.45) is 11.7 Å². The summed E-state index contributed by atoms with van der Waals surface area (Å²) in [6, 6.07) is 2.68. The van der Waals surface area contributed by atoms with Gasteiger partial charge < -0.3 is 16.4 Å². The van der Waals surface area contributed by atoms with Gasteiger partial charge in [-0.15, -0.1) is 11.6 Å². The number of carbonyl (C=O) groups is 5. The van der Waals surface area contributed by atoms with E-state index in [1.807, 2.05) is 0 Å². The highest BCUT2D eigenvalue weighted by atomic mass is 35.5. The van der Waals surface area contributed by atoms with E-state index < -0.39 is 59.3 Å². The number of Topliss-reactive ketones (excluding diaryl/α,β-unsaturated/α-hetero) is 1. The molecule has 34 heavy (non-hydrogen) atoms. The highest BCUT2D eigenvalue weighted by Gasteiger charge is 2.49. The van der Waals surface area contributed by atoms with Gasteiger partial charge in [-0.05, 0) is 43.9 Å². The molecule has 4 amide bonds. The molecule has 0 aromatic heterocycles. The smallest absolute Gasteiger partial charge is 0.366 e. The van der Waals surface area contributed by atoms with Crippen LogP contribution in [0.3, 0.4) is 0 Å². The van der Waals surface area contributed by atoms with Gasteiger partial charge >= 0.3 is 6.18 Å². The summed E-state index contributed by atoms with van der Waals surface area (Å²) in [6.07, 6.45) is -4.07. The monoisotopic (exact) mass is 502 g/mol. The van der Waals surface area contributed by atoms with Crippen molar-refractivity contribution in [3.8, 4) is 0 Å². The fourth-order valence-corrected chi connectivity index (χ4v) is 3.74. The molecule has 3 rings (SSSR count). The summed E-state index contributed by atoms with van der Waals surface area (Å²) >= 11 is 5.42. The normalized spacial score (nSPS) is 19.6. The maximum Gasteiger partial charge on any atom is 0.413 e. The molecule has 1 aliphatic carbocycles. The molecule has 184 valence electrons. The number of nitrogens with one attached hydrogen (secondary N) is 2. The Morgan fingerprint density at radius 2 is 1.88 bits per heavy atom. The standard InChI is InChI=1S/C21H22ClF3N4O5/c22-16(21(23,24)25)20(34)29(13-3-1-2-10(8-13)17(26)31)14(9-11-6-7-27-18(11)32)15(30)19(33)28-12-4-5-12/h1-3,8,11-12,14,16H,4-7,9H2,(H2,26,31)(H,27,32)(H,28,33)/t11-,14-,16?/m0/s1. The molecule has 2 fully saturated rings. The predicted molar refractivity (Wildman–Crippen MR) is 114 cm³/mol. The van der Waals surface area contributed by atoms with Crippen LogP contribution in [0.4, 0.5) is 18.9 Å². The Kier molecular flexibility index (Phi) is 7.49. The molecule has 0 bridgehead atoms. The number of primary amides is 1. The molecule has 1 unspecified atom stereocenters. The van der Waals surface area contributed by atoms with Gasteiger partial charge in [-0.25, -0.2) is 0 Å². The van der Waals surface area contributed by atoms with Crippen molar-refractivity contribution < 1.29 is 37.1 Å². The van der Waals surface area contributed by atoms with Gasteiger partial charge in [-0.3, -0.25) is 28.9 Å². The topological polar surface area (TPSA) is 139 Å². The molecule has 9 nitrogen and oxygen atoms in total. The molecule has 1 aliphatic heterocycles. The summed E-state index contributed by atoms with van der Waals surface area (Å²) in [4.78, 5) is 63.0. The quantitative estimate of drug-likeness (QED) is 0.342. The summed E-state index contributed by atoms with van der Waals surface area (Å²) in [6.45, 7) is 0.268. The lowest BCUT2D eigenvalue weighted by Crippen LogP contribution is -2.55. The van der Waals surface area contributed by atoms with Gasteiger partial charge in [-0.1, -0.05) is 6.07 Å². The lowest BCUT2D eigenvalue weighted by Gasteiger charge is -2.33. The first kappa shape index (κ1) is 25.5. The summed E-state index contributed by atoms with van der Waals surface area (Å²) in [5.41, 5.74) is 4.80. The van der Waals surface area contributed by atoms with Gasteiger partial charge in [-0.2, -0.15) is 13.2 Å². The highest BCUT2D eigenvalue weighted by molar-refractivity contribution is 6.41. The lowest BCUT2D eigenvalue weighted by atomic mass is 9.93. The first-order chi connectivity index (χ1) is 15.9. The minimum Gasteiger partial charge on any atom is -0.366 e. The summed E-state index contributed by atoms with van der Waals surface area (Å²) in [7, 11) is 0. The maximum atomic E-state index is 13.4. The number of ketones is 1. The second-order valence-corrected chi connectivity index (χ2v) is 8.60. The Morgan fingerprint density at radius 3 is 2.41 bits per heavy atom. The van der Waals surface area contributed by atoms with Crippen LogP contribution in [0.2, 0.25) is 0 Å². The zero-order valence-electron chi connectivity index (χ0n) is 17.7. The molecule has 1 saturated heterocycles. The van der Waals surface area contributed by atoms with Crippen LogP contribution in [-0.4, -0.2) is 59.6 Å². The van der Waals surface area contributed by atoms with E-state index in [2.05, 4.69) is 10.6 Å². The molecule has 0 spiro atoms. The van der Waals surface area contributed by atoms with Gasteiger partial charge in [0, 0.05) is 29.8 Å². The molecule has 0 radical (unpaired) electrons. The first-order valence-corrected chi connectivity index (χ1v) is 10.9. The Balaban J connectivity index is 2.08. The number of nitrogens with zero attached hydrogens (tertiary/aromatic N) is 1. The van der Waals surface area contributed by atoms with Gasteiger partial charge in [0.1, 0.15) is 6.04 Å². The molecule has 3 atom stereocenters. The summed E-state index contributed by atoms with van der Waals surface area (Å²) in [5, 5.41) is 1.94. The summed E-state index contributed by atoms with van der Waals surface area (Å²) < 4.78 is 40.1. The van der Waals surface area contributed by atoms with Gasteiger partial charge in [0.25, 0.3) is 11.8 Å². The zero-order chi connectivity index (χ0) is 25.2. The van der Waals surface area contributed by atoms with E-state index in [4.69, 9.17) is 17.3 Å². The number of benzene rings is 1. The summed E-state index contributed by atoms with van der Waals surface area (Å²) in [5.74, 6) is -6.25. The molecule has 4 N–H and O–H groups in total. The third-order valence-electron chi connectivity index (χ3n) is 5.57. The van der Waals surface area contributed by atoms with E-state index in [1.165, 1.54) is 18.2 Å². The van der Waals surface area contributed by atoms with Crippen molar-refractivity contribution in [3.05, 3.63) is 29.8 Å². The number of halogens is 4. The SMILES string of the molecule is NC(=O)c1cccc(N(C(=O)C(Cl)C(F)(F)F)[C@@H](C[C@@H]2CCNC2=O)C(=O)C(=O)NC2CC2)c1. The fraction of sp³-hybridized carbons (Fsp3) is 0.476. The van der Waals surface area contributed by atoms with Gasteiger partial charge in [0.2, 0.25) is 23.0 Å². The van der Waals surface area contributed by atoms with Crippen molar-refractivity contribution in [2.75, 3.05) is 11.4 Å². The lowest BCUT2D eigenvalue weighted by molar-refractivity contribution is -0.151. The number of anilines is 1. The van der Waals surface area contributed by atoms with Crippen molar-refractivity contribution >= 4 is 46.7 Å². The van der Waals surface area contributed by atoms with E-state index in [9.17, 15) is 37.1 Å². The predicted octanol–water partition coefficient (Wildman–Crippen LogP) is 1.03. The number of hydrogen-bond donors (Lipinski definition) is 3. The number of rotatable bonds is 9. The molecule has 13 heteroatoms. The van der Waals surface area contributed by atoms with Crippen LogP contribution in [0.15, 0.2) is 24.3 Å². The fourth-order valence-electron chi connectivity index (χ4n) is 3.64. The van der Waals surface area contributed by atoms with E-state index in [-0.39, 0.29) is 30.3 Å². The highest BCUT2D eigenvalue weighted by Crippen LogP contribution is 2.32. The number of hydrogen-bond acceptors (Lipinski definition) is 5. The number of carbonyl (C=O) groups excluding carboxylic acids is 5. The molecule has 2 aliphatic rings. The van der Waals surface area contributed by atoms with Crippen molar-refractivity contribution in [1.82, 2.24) is 10.6 Å². The van der Waals surface area contributed by atoms with E-state index in [0.29, 0.717) is 17.7 Å². The largest absolute Gasteiger partial charge is 0.413 e. The minimum atomic E-state index is -5.17. The van der Waals surface area contributed by atoms with Gasteiger partial charge in [0.05, 0.1) is 0 Å². The second kappa shape index (κ2) is 10.00. The third-order valence-corrected chi connectivity index (χ3v) is 6.01. The van der Waals surface area contributed by atoms with E-state index in [0.717, 1.165) is 6.07 Å². The molecular formula is C21H22ClF3N4O5. The van der Waals surface area contributed by atoms with E-state index >= 15 is 0 Å². The van der Waals surface area contributed by atoms with Crippen LogP contribution >= 0.6 is 11.6 Å². The van der Waals surface area contributed by atoms with Crippen LogP contribution in [0.1, 0.15) is 36.0 Å². The Labute approximate surface area is 197 Å². The molecular weight excluding hydrogens is 481 g/mol. The Hall–Kier alpha value is -3.15. The van der Waals surface area contributed by atoms with Crippen LogP contribution < -0.4 is 21.3 Å². The average molecular weight is 503 g/mol. The van der Waals surface area contributed by atoms with Crippen molar-refractivity contribution in [2.45, 2.75) is 49.3 Å². The average Bonchev–Trinajstić information content (AvgIpc) is 3.50. The second-order valence-electron chi connectivity index (χ2n) is 8.17. The minimum absolute atomic E-state index is 0.152. The number of nitrogens with two attached hydrogens (primary N) is 1.